The van der Waals surface area contributed by atoms with E-state index in [0.717, 1.165) is 6.42 Å². The number of hydrogen-bond acceptors (Lipinski definition) is 4. The van der Waals surface area contributed by atoms with Crippen LogP contribution in [0.15, 0.2) is 29.2 Å². The summed E-state index contributed by atoms with van der Waals surface area (Å²) >= 11 is 0. The molecular weight excluding hydrogens is 266 g/mol. The monoisotopic (exact) mass is 287 g/mol. The maximum atomic E-state index is 12.0. The van der Waals surface area contributed by atoms with Crippen LogP contribution in [0.4, 0.5) is 0 Å². The van der Waals surface area contributed by atoms with Crippen LogP contribution in [0.1, 0.15) is 25.3 Å². The number of ether oxygens (including phenoxy) is 1. The molecular formula is C13H21NO4S. The quantitative estimate of drug-likeness (QED) is 0.671. The van der Waals surface area contributed by atoms with E-state index in [1.165, 1.54) is 12.1 Å². The third-order valence-electron chi connectivity index (χ3n) is 2.50. The predicted octanol–water partition coefficient (Wildman–Crippen LogP) is 1.27. The summed E-state index contributed by atoms with van der Waals surface area (Å²) in [6, 6.07) is 6.27. The molecule has 1 aromatic rings. The van der Waals surface area contributed by atoms with Gasteiger partial charge in [0.1, 0.15) is 0 Å². The normalized spacial score (nSPS) is 11.7. The van der Waals surface area contributed by atoms with Crippen molar-refractivity contribution in [2.75, 3.05) is 19.8 Å². The van der Waals surface area contributed by atoms with Crippen LogP contribution >= 0.6 is 0 Å². The molecule has 5 nitrogen and oxygen atoms in total. The summed E-state index contributed by atoms with van der Waals surface area (Å²) < 4.78 is 31.7. The van der Waals surface area contributed by atoms with Crippen LogP contribution in [-0.2, 0) is 21.4 Å². The van der Waals surface area contributed by atoms with Gasteiger partial charge in [-0.05, 0) is 30.5 Å². The van der Waals surface area contributed by atoms with Crippen molar-refractivity contribution >= 4 is 10.0 Å². The van der Waals surface area contributed by atoms with Gasteiger partial charge in [0.2, 0.25) is 10.0 Å². The van der Waals surface area contributed by atoms with Gasteiger partial charge in [-0.1, -0.05) is 19.1 Å². The van der Waals surface area contributed by atoms with Gasteiger partial charge < -0.3 is 9.84 Å². The number of sulfonamides is 1. The van der Waals surface area contributed by atoms with E-state index < -0.39 is 10.0 Å². The van der Waals surface area contributed by atoms with Crippen LogP contribution in [0.2, 0.25) is 0 Å². The van der Waals surface area contributed by atoms with Crippen molar-refractivity contribution in [2.24, 2.45) is 0 Å². The van der Waals surface area contributed by atoms with Crippen LogP contribution in [0.25, 0.3) is 0 Å². The Morgan fingerprint density at radius 2 is 2.11 bits per heavy atom. The average Bonchev–Trinajstić information content (AvgIpc) is 2.43. The first-order valence-corrected chi connectivity index (χ1v) is 7.85. The molecule has 0 aliphatic heterocycles. The Bertz CT molecular complexity index is 473. The van der Waals surface area contributed by atoms with E-state index in [1.807, 2.05) is 6.92 Å². The largest absolute Gasteiger partial charge is 0.392 e. The molecule has 0 fully saturated rings. The fourth-order valence-corrected chi connectivity index (χ4v) is 2.67. The Morgan fingerprint density at radius 3 is 2.79 bits per heavy atom. The molecule has 0 bridgehead atoms. The molecule has 2 N–H and O–H groups in total. The Hall–Kier alpha value is -0.950. The first-order chi connectivity index (χ1) is 9.10. The second-order valence-corrected chi connectivity index (χ2v) is 5.94. The summed E-state index contributed by atoms with van der Waals surface area (Å²) in [5, 5.41) is 8.99. The standard InChI is InChI=1S/C13H21NO4S/c1-2-8-18-9-4-7-14-19(16,17)13-6-3-5-12(10-13)11-15/h3,5-6,10,14-15H,2,4,7-9,11H2,1H3. The molecule has 0 atom stereocenters. The van der Waals surface area contributed by atoms with Gasteiger partial charge >= 0.3 is 0 Å². The SMILES string of the molecule is CCCOCCCNS(=O)(=O)c1cccc(CO)c1. The number of hydrogen-bond donors (Lipinski definition) is 2. The van der Waals surface area contributed by atoms with Crippen molar-refractivity contribution in [1.82, 2.24) is 4.72 Å². The molecule has 108 valence electrons. The molecule has 0 aliphatic carbocycles. The summed E-state index contributed by atoms with van der Waals surface area (Å²) in [7, 11) is -3.50. The van der Waals surface area contributed by atoms with Crippen LogP contribution in [0.5, 0.6) is 0 Å². The van der Waals surface area contributed by atoms with Crippen molar-refractivity contribution in [3.63, 3.8) is 0 Å². The van der Waals surface area contributed by atoms with E-state index in [2.05, 4.69) is 4.72 Å². The topological polar surface area (TPSA) is 75.6 Å². The second-order valence-electron chi connectivity index (χ2n) is 4.17. The van der Waals surface area contributed by atoms with Crippen molar-refractivity contribution < 1.29 is 18.3 Å². The van der Waals surface area contributed by atoms with E-state index in [4.69, 9.17) is 9.84 Å². The highest BCUT2D eigenvalue weighted by Crippen LogP contribution is 2.11. The fraction of sp³-hybridized carbons (Fsp3) is 0.538. The molecule has 0 aliphatic rings. The summed E-state index contributed by atoms with van der Waals surface area (Å²) in [4.78, 5) is 0.175. The molecule has 0 saturated carbocycles. The first-order valence-electron chi connectivity index (χ1n) is 6.37. The molecule has 1 rings (SSSR count). The highest BCUT2D eigenvalue weighted by molar-refractivity contribution is 7.89. The fourth-order valence-electron chi connectivity index (χ4n) is 1.52. The van der Waals surface area contributed by atoms with E-state index >= 15 is 0 Å². The lowest BCUT2D eigenvalue weighted by atomic mass is 10.2. The molecule has 0 radical (unpaired) electrons. The van der Waals surface area contributed by atoms with Crippen molar-refractivity contribution in [3.05, 3.63) is 29.8 Å². The van der Waals surface area contributed by atoms with Crippen LogP contribution < -0.4 is 4.72 Å². The second kappa shape index (κ2) is 8.27. The average molecular weight is 287 g/mol. The molecule has 0 aromatic heterocycles. The van der Waals surface area contributed by atoms with Gasteiger partial charge in [0, 0.05) is 19.8 Å². The van der Waals surface area contributed by atoms with E-state index in [9.17, 15) is 8.42 Å². The van der Waals surface area contributed by atoms with Crippen LogP contribution in [-0.4, -0.2) is 33.3 Å². The third kappa shape index (κ3) is 5.69. The zero-order valence-electron chi connectivity index (χ0n) is 11.1. The van der Waals surface area contributed by atoms with Gasteiger partial charge in [0.25, 0.3) is 0 Å². The lowest BCUT2D eigenvalue weighted by Crippen LogP contribution is -2.25. The minimum atomic E-state index is -3.50. The first kappa shape index (κ1) is 16.1. The highest BCUT2D eigenvalue weighted by Gasteiger charge is 2.13. The summed E-state index contributed by atoms with van der Waals surface area (Å²) in [5.41, 5.74) is 0.578. The number of benzene rings is 1. The number of aliphatic hydroxyl groups excluding tert-OH is 1. The van der Waals surface area contributed by atoms with Crippen molar-refractivity contribution in [2.45, 2.75) is 31.3 Å². The number of nitrogens with one attached hydrogen (secondary N) is 1. The van der Waals surface area contributed by atoms with Gasteiger partial charge in [-0.3, -0.25) is 0 Å². The van der Waals surface area contributed by atoms with Gasteiger partial charge in [-0.25, -0.2) is 13.1 Å². The molecule has 1 aromatic carbocycles. The maximum absolute atomic E-state index is 12.0. The molecule has 0 amide bonds. The highest BCUT2D eigenvalue weighted by atomic mass is 32.2. The van der Waals surface area contributed by atoms with Gasteiger partial charge in [0.05, 0.1) is 11.5 Å². The summed E-state index contributed by atoms with van der Waals surface area (Å²) in [5.74, 6) is 0. The molecule has 6 heteroatoms. The van der Waals surface area contributed by atoms with E-state index in [0.29, 0.717) is 31.7 Å². The molecule has 0 unspecified atom stereocenters. The lowest BCUT2D eigenvalue weighted by Gasteiger charge is -2.08. The third-order valence-corrected chi connectivity index (χ3v) is 3.96. The van der Waals surface area contributed by atoms with E-state index in [1.54, 1.807) is 12.1 Å². The number of rotatable bonds is 9. The maximum Gasteiger partial charge on any atom is 0.240 e. The van der Waals surface area contributed by atoms with Crippen molar-refractivity contribution in [3.8, 4) is 0 Å². The summed E-state index contributed by atoms with van der Waals surface area (Å²) in [6.07, 6.45) is 1.60. The van der Waals surface area contributed by atoms with Crippen LogP contribution in [0.3, 0.4) is 0 Å². The molecule has 0 saturated heterocycles. The van der Waals surface area contributed by atoms with Gasteiger partial charge in [-0.2, -0.15) is 0 Å². The zero-order valence-corrected chi connectivity index (χ0v) is 11.9. The summed E-state index contributed by atoms with van der Waals surface area (Å²) in [6.45, 7) is 3.44. The van der Waals surface area contributed by atoms with Gasteiger partial charge in [-0.15, -0.1) is 0 Å². The smallest absolute Gasteiger partial charge is 0.240 e. The van der Waals surface area contributed by atoms with Crippen LogP contribution in [0, 0.1) is 0 Å². The van der Waals surface area contributed by atoms with E-state index in [-0.39, 0.29) is 11.5 Å². The number of aliphatic hydroxyl groups is 1. The Labute approximate surface area is 114 Å². The molecule has 0 heterocycles. The Balaban J connectivity index is 2.46. The Kier molecular flexibility index (Phi) is 7.01. The minimum Gasteiger partial charge on any atom is -0.392 e. The predicted molar refractivity (Wildman–Crippen MR) is 73.3 cm³/mol. The molecule has 19 heavy (non-hydrogen) atoms. The molecule has 0 spiro atoms. The zero-order chi connectivity index (χ0) is 14.1. The van der Waals surface area contributed by atoms with Crippen molar-refractivity contribution in [1.29, 1.82) is 0 Å². The minimum absolute atomic E-state index is 0.172. The van der Waals surface area contributed by atoms with Gasteiger partial charge in [0.15, 0.2) is 0 Å². The Morgan fingerprint density at radius 1 is 1.32 bits per heavy atom. The lowest BCUT2D eigenvalue weighted by molar-refractivity contribution is 0.133.